The number of halogens is 1. The largest absolute Gasteiger partial charge is 0.299 e. The van der Waals surface area contributed by atoms with Gasteiger partial charge in [0.15, 0.2) is 0 Å². The molecule has 1 aromatic rings. The van der Waals surface area contributed by atoms with Gasteiger partial charge in [-0.05, 0) is 53.1 Å². The van der Waals surface area contributed by atoms with Crippen molar-refractivity contribution in [3.8, 4) is 0 Å². The highest BCUT2D eigenvalue weighted by atomic mass is 127. The van der Waals surface area contributed by atoms with E-state index in [4.69, 9.17) is 5.21 Å². The summed E-state index contributed by atoms with van der Waals surface area (Å²) >= 11 is 2.24. The molecule has 1 aromatic carbocycles. The topological polar surface area (TPSA) is 66.4 Å². The van der Waals surface area contributed by atoms with Gasteiger partial charge < -0.3 is 0 Å². The smallest absolute Gasteiger partial charge is 0.243 e. The molecule has 0 radical (unpaired) electrons. The SMILES string of the molecule is O=C(CCCCCCC(=O)NO)Cc1ccc(I)cc1. The number of carbonyl (C=O) groups excluding carboxylic acids is 2. The average Bonchev–Trinajstić information content (AvgIpc) is 2.44. The maximum atomic E-state index is 11.8. The van der Waals surface area contributed by atoms with E-state index < -0.39 is 0 Å². The molecule has 0 unspecified atom stereocenters. The van der Waals surface area contributed by atoms with Crippen molar-refractivity contribution in [1.82, 2.24) is 5.48 Å². The van der Waals surface area contributed by atoms with Crippen LogP contribution in [0.2, 0.25) is 0 Å². The molecule has 20 heavy (non-hydrogen) atoms. The molecule has 0 atom stereocenters. The molecule has 110 valence electrons. The fourth-order valence-corrected chi connectivity index (χ4v) is 2.30. The van der Waals surface area contributed by atoms with E-state index in [1.54, 1.807) is 5.48 Å². The quantitative estimate of drug-likeness (QED) is 0.295. The Bertz CT molecular complexity index is 431. The Hall–Kier alpha value is -0.950. The standard InChI is InChI=1S/C15H20INO3/c16-13-9-7-12(8-10-13)11-14(18)5-3-1-2-4-6-15(19)17-20/h7-10,20H,1-6,11H2,(H,17,19). The second-order valence-electron chi connectivity index (χ2n) is 4.79. The van der Waals surface area contributed by atoms with Gasteiger partial charge in [-0.15, -0.1) is 0 Å². The lowest BCUT2D eigenvalue weighted by molar-refractivity contribution is -0.129. The Labute approximate surface area is 133 Å². The number of unbranched alkanes of at least 4 members (excludes halogenated alkanes) is 3. The van der Waals surface area contributed by atoms with E-state index in [2.05, 4.69) is 22.6 Å². The van der Waals surface area contributed by atoms with Crippen molar-refractivity contribution in [2.24, 2.45) is 0 Å². The highest BCUT2D eigenvalue weighted by Crippen LogP contribution is 2.10. The first-order valence-corrected chi connectivity index (χ1v) is 7.89. The Morgan fingerprint density at radius 3 is 2.20 bits per heavy atom. The van der Waals surface area contributed by atoms with Crippen molar-refractivity contribution in [3.05, 3.63) is 33.4 Å². The fraction of sp³-hybridized carbons (Fsp3) is 0.467. The van der Waals surface area contributed by atoms with Crippen LogP contribution in [-0.2, 0) is 16.0 Å². The van der Waals surface area contributed by atoms with Crippen LogP contribution in [0.3, 0.4) is 0 Å². The third kappa shape index (κ3) is 7.59. The highest BCUT2D eigenvalue weighted by molar-refractivity contribution is 14.1. The number of ketones is 1. The molecular formula is C15H20INO3. The normalized spacial score (nSPS) is 10.3. The number of amides is 1. The number of hydroxylamine groups is 1. The van der Waals surface area contributed by atoms with Gasteiger partial charge in [-0.1, -0.05) is 25.0 Å². The van der Waals surface area contributed by atoms with Gasteiger partial charge in [0, 0.05) is 22.8 Å². The summed E-state index contributed by atoms with van der Waals surface area (Å²) in [5.74, 6) is -0.0842. The van der Waals surface area contributed by atoms with E-state index in [9.17, 15) is 9.59 Å². The minimum absolute atomic E-state index is 0.263. The van der Waals surface area contributed by atoms with Gasteiger partial charge in [-0.3, -0.25) is 14.8 Å². The number of nitrogens with one attached hydrogen (secondary N) is 1. The van der Waals surface area contributed by atoms with Crippen LogP contribution in [0.25, 0.3) is 0 Å². The predicted molar refractivity (Wildman–Crippen MR) is 85.5 cm³/mol. The molecule has 0 spiro atoms. The van der Waals surface area contributed by atoms with Gasteiger partial charge in [0.25, 0.3) is 0 Å². The predicted octanol–water partition coefficient (Wildman–Crippen LogP) is 3.25. The van der Waals surface area contributed by atoms with Crippen molar-refractivity contribution in [2.75, 3.05) is 0 Å². The van der Waals surface area contributed by atoms with Gasteiger partial charge in [0.1, 0.15) is 5.78 Å². The summed E-state index contributed by atoms with van der Waals surface area (Å²) in [6.45, 7) is 0. The van der Waals surface area contributed by atoms with Crippen LogP contribution in [0.5, 0.6) is 0 Å². The number of Topliss-reactive ketones (excluding diaryl/α,β-unsaturated/α-hetero) is 1. The second-order valence-corrected chi connectivity index (χ2v) is 6.04. The van der Waals surface area contributed by atoms with Crippen LogP contribution in [0.1, 0.15) is 44.1 Å². The fourth-order valence-electron chi connectivity index (χ4n) is 1.94. The molecule has 5 heteroatoms. The van der Waals surface area contributed by atoms with E-state index in [-0.39, 0.29) is 11.7 Å². The molecule has 0 heterocycles. The van der Waals surface area contributed by atoms with Gasteiger partial charge in [0.05, 0.1) is 0 Å². The van der Waals surface area contributed by atoms with Crippen molar-refractivity contribution < 1.29 is 14.8 Å². The van der Waals surface area contributed by atoms with Crippen LogP contribution in [-0.4, -0.2) is 16.9 Å². The Kier molecular flexibility index (Phi) is 8.45. The van der Waals surface area contributed by atoms with Crippen molar-refractivity contribution in [2.45, 2.75) is 44.9 Å². The van der Waals surface area contributed by atoms with Crippen LogP contribution in [0, 0.1) is 3.57 Å². The molecule has 0 saturated carbocycles. The zero-order valence-electron chi connectivity index (χ0n) is 11.4. The van der Waals surface area contributed by atoms with Crippen molar-refractivity contribution in [3.63, 3.8) is 0 Å². The minimum atomic E-state index is -0.347. The molecule has 4 nitrogen and oxygen atoms in total. The molecule has 0 aliphatic rings. The van der Waals surface area contributed by atoms with Crippen molar-refractivity contribution in [1.29, 1.82) is 0 Å². The minimum Gasteiger partial charge on any atom is -0.299 e. The monoisotopic (exact) mass is 389 g/mol. The molecule has 1 rings (SSSR count). The summed E-state index contributed by atoms with van der Waals surface area (Å²) in [6.07, 6.45) is 4.90. The van der Waals surface area contributed by atoms with E-state index in [1.807, 2.05) is 24.3 Å². The van der Waals surface area contributed by atoms with Gasteiger partial charge in [-0.2, -0.15) is 0 Å². The summed E-state index contributed by atoms with van der Waals surface area (Å²) in [6, 6.07) is 8.01. The second kappa shape index (κ2) is 9.88. The van der Waals surface area contributed by atoms with Crippen LogP contribution in [0.4, 0.5) is 0 Å². The molecular weight excluding hydrogens is 369 g/mol. The number of benzene rings is 1. The number of rotatable bonds is 9. The van der Waals surface area contributed by atoms with Gasteiger partial charge >= 0.3 is 0 Å². The molecule has 0 fully saturated rings. The molecule has 0 aliphatic carbocycles. The third-order valence-corrected chi connectivity index (χ3v) is 3.77. The molecule has 0 bridgehead atoms. The van der Waals surface area contributed by atoms with E-state index in [1.165, 1.54) is 3.57 Å². The first kappa shape index (κ1) is 17.1. The Balaban J connectivity index is 2.08. The maximum absolute atomic E-state index is 11.8. The van der Waals surface area contributed by atoms with Gasteiger partial charge in [-0.25, -0.2) is 5.48 Å². The van der Waals surface area contributed by atoms with Crippen LogP contribution in [0.15, 0.2) is 24.3 Å². The number of carbonyl (C=O) groups is 2. The molecule has 1 amide bonds. The Morgan fingerprint density at radius 2 is 1.60 bits per heavy atom. The lowest BCUT2D eigenvalue weighted by Crippen LogP contribution is -2.17. The summed E-state index contributed by atoms with van der Waals surface area (Å²) in [4.78, 5) is 22.5. The van der Waals surface area contributed by atoms with E-state index >= 15 is 0 Å². The summed E-state index contributed by atoms with van der Waals surface area (Å²) < 4.78 is 1.17. The molecule has 2 N–H and O–H groups in total. The van der Waals surface area contributed by atoms with Crippen LogP contribution < -0.4 is 5.48 Å². The number of hydrogen-bond donors (Lipinski definition) is 2. The Morgan fingerprint density at radius 1 is 1.00 bits per heavy atom. The van der Waals surface area contributed by atoms with Gasteiger partial charge in [0.2, 0.25) is 5.91 Å². The molecule has 0 aromatic heterocycles. The van der Waals surface area contributed by atoms with Crippen molar-refractivity contribution >= 4 is 34.3 Å². The maximum Gasteiger partial charge on any atom is 0.243 e. The summed E-state index contributed by atoms with van der Waals surface area (Å²) in [7, 11) is 0. The lowest BCUT2D eigenvalue weighted by atomic mass is 10.0. The zero-order chi connectivity index (χ0) is 14.8. The van der Waals surface area contributed by atoms with E-state index in [0.29, 0.717) is 19.3 Å². The molecule has 0 aliphatic heterocycles. The first-order valence-electron chi connectivity index (χ1n) is 6.81. The molecule has 0 saturated heterocycles. The third-order valence-electron chi connectivity index (χ3n) is 3.05. The van der Waals surface area contributed by atoms with E-state index in [0.717, 1.165) is 31.2 Å². The highest BCUT2D eigenvalue weighted by Gasteiger charge is 2.04. The average molecular weight is 389 g/mol. The van der Waals surface area contributed by atoms with Crippen LogP contribution >= 0.6 is 22.6 Å². The zero-order valence-corrected chi connectivity index (χ0v) is 13.6. The summed E-state index contributed by atoms with van der Waals surface area (Å²) in [5, 5.41) is 8.32. The lowest BCUT2D eigenvalue weighted by Gasteiger charge is -2.02. The summed E-state index contributed by atoms with van der Waals surface area (Å²) in [5.41, 5.74) is 2.68. The number of hydrogen-bond acceptors (Lipinski definition) is 3. The first-order chi connectivity index (χ1) is 9.61.